The van der Waals surface area contributed by atoms with Crippen LogP contribution in [0, 0.1) is 0 Å². The zero-order valence-corrected chi connectivity index (χ0v) is 14.9. The Morgan fingerprint density at radius 1 is 0.923 bits per heavy atom. The van der Waals surface area contributed by atoms with E-state index in [1.807, 2.05) is 37.3 Å². The topological polar surface area (TPSA) is 74.7 Å². The van der Waals surface area contributed by atoms with Gasteiger partial charge in [-0.3, -0.25) is 9.59 Å². The van der Waals surface area contributed by atoms with Gasteiger partial charge in [0.05, 0.1) is 5.56 Å². The summed E-state index contributed by atoms with van der Waals surface area (Å²) in [5, 5.41) is 9.18. The molecular weight excluding hydrogens is 330 g/mol. The van der Waals surface area contributed by atoms with E-state index in [4.69, 9.17) is 0 Å². The minimum absolute atomic E-state index is 0.0227. The first-order valence-corrected chi connectivity index (χ1v) is 8.71. The van der Waals surface area contributed by atoms with E-state index >= 15 is 0 Å². The molecule has 0 heterocycles. The van der Waals surface area contributed by atoms with Crippen molar-refractivity contribution in [2.75, 3.05) is 11.4 Å². The molecule has 2 aromatic carbocycles. The molecule has 2 aromatic rings. The third-order valence-corrected chi connectivity index (χ3v) is 4.07. The molecule has 0 aliphatic carbocycles. The highest BCUT2D eigenvalue weighted by atomic mass is 16.4. The SMILES string of the molecule is CCCN(C(=O)CCC(=O)Cc1ccccc1C(=O)O)c1ccccc1. The lowest BCUT2D eigenvalue weighted by molar-refractivity contribution is -0.123. The number of aromatic carboxylic acids is 1. The Labute approximate surface area is 153 Å². The summed E-state index contributed by atoms with van der Waals surface area (Å²) in [6, 6.07) is 15.8. The second-order valence-electron chi connectivity index (χ2n) is 6.06. The normalized spacial score (nSPS) is 10.3. The van der Waals surface area contributed by atoms with E-state index in [0.717, 1.165) is 12.1 Å². The molecule has 2 rings (SSSR count). The molecule has 26 heavy (non-hydrogen) atoms. The van der Waals surface area contributed by atoms with Gasteiger partial charge in [0.15, 0.2) is 0 Å². The van der Waals surface area contributed by atoms with Crippen LogP contribution < -0.4 is 4.90 Å². The standard InChI is InChI=1S/C21H23NO4/c1-2-14-22(17-9-4-3-5-10-17)20(24)13-12-18(23)15-16-8-6-7-11-19(16)21(25)26/h3-11H,2,12-15H2,1H3,(H,25,26). The molecule has 0 spiro atoms. The third kappa shape index (κ3) is 5.28. The van der Waals surface area contributed by atoms with Crippen LogP contribution >= 0.6 is 0 Å². The molecule has 5 nitrogen and oxygen atoms in total. The average molecular weight is 353 g/mol. The molecule has 0 aromatic heterocycles. The second kappa shape index (κ2) is 9.51. The maximum atomic E-state index is 12.5. The molecule has 0 bridgehead atoms. The van der Waals surface area contributed by atoms with E-state index in [1.54, 1.807) is 23.1 Å². The Balaban J connectivity index is 1.98. The minimum Gasteiger partial charge on any atom is -0.478 e. The van der Waals surface area contributed by atoms with Crippen LogP contribution in [0.4, 0.5) is 5.69 Å². The lowest BCUT2D eigenvalue weighted by Gasteiger charge is -2.22. The molecule has 1 amide bonds. The molecule has 0 aliphatic rings. The second-order valence-corrected chi connectivity index (χ2v) is 6.06. The Bertz CT molecular complexity index is 771. The third-order valence-electron chi connectivity index (χ3n) is 4.07. The number of Topliss-reactive ketones (excluding diaryl/α,β-unsaturated/α-hetero) is 1. The molecule has 136 valence electrons. The van der Waals surface area contributed by atoms with Crippen molar-refractivity contribution < 1.29 is 19.5 Å². The number of carbonyl (C=O) groups excluding carboxylic acids is 2. The summed E-state index contributed by atoms with van der Waals surface area (Å²) in [6.07, 6.45) is 1.05. The highest BCUT2D eigenvalue weighted by molar-refractivity contribution is 5.96. The van der Waals surface area contributed by atoms with E-state index in [0.29, 0.717) is 12.1 Å². The van der Waals surface area contributed by atoms with Crippen LogP contribution in [0.3, 0.4) is 0 Å². The lowest BCUT2D eigenvalue weighted by atomic mass is 10.00. The maximum absolute atomic E-state index is 12.5. The highest BCUT2D eigenvalue weighted by Crippen LogP contribution is 2.16. The van der Waals surface area contributed by atoms with Crippen LogP contribution in [0.25, 0.3) is 0 Å². The lowest BCUT2D eigenvalue weighted by Crippen LogP contribution is -2.31. The van der Waals surface area contributed by atoms with Crippen molar-refractivity contribution in [3.05, 3.63) is 65.7 Å². The van der Waals surface area contributed by atoms with Gasteiger partial charge in [-0.15, -0.1) is 0 Å². The predicted octanol–water partition coefficient (Wildman–Crippen LogP) is 3.72. The molecule has 0 unspecified atom stereocenters. The summed E-state index contributed by atoms with van der Waals surface area (Å²) in [5.41, 5.74) is 1.43. The van der Waals surface area contributed by atoms with Gasteiger partial charge in [-0.25, -0.2) is 4.79 Å². The van der Waals surface area contributed by atoms with E-state index in [2.05, 4.69) is 0 Å². The summed E-state index contributed by atoms with van der Waals surface area (Å²) >= 11 is 0. The van der Waals surface area contributed by atoms with Gasteiger partial charge in [-0.1, -0.05) is 43.3 Å². The summed E-state index contributed by atoms with van der Waals surface area (Å²) in [4.78, 5) is 37.7. The van der Waals surface area contributed by atoms with E-state index in [9.17, 15) is 19.5 Å². The number of carbonyl (C=O) groups is 3. The van der Waals surface area contributed by atoms with Crippen molar-refractivity contribution in [1.82, 2.24) is 0 Å². The molecule has 0 saturated heterocycles. The molecule has 1 N–H and O–H groups in total. The van der Waals surface area contributed by atoms with Gasteiger partial charge in [0, 0.05) is 31.5 Å². The fraction of sp³-hybridized carbons (Fsp3) is 0.286. The van der Waals surface area contributed by atoms with Gasteiger partial charge in [-0.2, -0.15) is 0 Å². The van der Waals surface area contributed by atoms with Crippen molar-refractivity contribution in [1.29, 1.82) is 0 Å². The minimum atomic E-state index is -1.05. The fourth-order valence-electron chi connectivity index (χ4n) is 2.79. The van der Waals surface area contributed by atoms with E-state index in [-0.39, 0.29) is 36.5 Å². The first-order valence-electron chi connectivity index (χ1n) is 8.71. The number of anilines is 1. The summed E-state index contributed by atoms with van der Waals surface area (Å²) in [7, 11) is 0. The number of benzene rings is 2. The molecule has 0 atom stereocenters. The molecule has 0 radical (unpaired) electrons. The van der Waals surface area contributed by atoms with Crippen molar-refractivity contribution in [3.8, 4) is 0 Å². The van der Waals surface area contributed by atoms with Crippen molar-refractivity contribution >= 4 is 23.3 Å². The fourth-order valence-corrected chi connectivity index (χ4v) is 2.79. The largest absolute Gasteiger partial charge is 0.478 e. The van der Waals surface area contributed by atoms with Gasteiger partial charge in [0.1, 0.15) is 5.78 Å². The smallest absolute Gasteiger partial charge is 0.335 e. The summed E-state index contributed by atoms with van der Waals surface area (Å²) < 4.78 is 0. The van der Waals surface area contributed by atoms with Gasteiger partial charge in [-0.05, 0) is 30.2 Å². The van der Waals surface area contributed by atoms with Crippen molar-refractivity contribution in [2.45, 2.75) is 32.6 Å². The first-order chi connectivity index (χ1) is 12.5. The number of rotatable bonds is 9. The highest BCUT2D eigenvalue weighted by Gasteiger charge is 2.17. The van der Waals surface area contributed by atoms with Gasteiger partial charge >= 0.3 is 5.97 Å². The number of ketones is 1. The number of hydrogen-bond acceptors (Lipinski definition) is 3. The monoisotopic (exact) mass is 353 g/mol. The van der Waals surface area contributed by atoms with Crippen LogP contribution in [0.2, 0.25) is 0 Å². The number of carboxylic acids is 1. The predicted molar refractivity (Wildman–Crippen MR) is 100 cm³/mol. The van der Waals surface area contributed by atoms with Crippen LogP contribution in [0.1, 0.15) is 42.1 Å². The zero-order chi connectivity index (χ0) is 18.9. The summed E-state index contributed by atoms with van der Waals surface area (Å²) in [6.45, 7) is 2.59. The van der Waals surface area contributed by atoms with E-state index < -0.39 is 5.97 Å². The summed E-state index contributed by atoms with van der Waals surface area (Å²) in [5.74, 6) is -1.29. The molecule has 0 aliphatic heterocycles. The molecule has 5 heteroatoms. The van der Waals surface area contributed by atoms with Gasteiger partial charge in [0.2, 0.25) is 5.91 Å². The molecule has 0 saturated carbocycles. The van der Waals surface area contributed by atoms with Crippen LogP contribution in [-0.4, -0.2) is 29.3 Å². The number of carboxylic acid groups (broad SMARTS) is 1. The van der Waals surface area contributed by atoms with Crippen LogP contribution in [0.15, 0.2) is 54.6 Å². The number of amides is 1. The number of para-hydroxylation sites is 1. The van der Waals surface area contributed by atoms with Crippen molar-refractivity contribution in [2.24, 2.45) is 0 Å². The Kier molecular flexibility index (Phi) is 7.09. The van der Waals surface area contributed by atoms with Crippen LogP contribution in [-0.2, 0) is 16.0 Å². The van der Waals surface area contributed by atoms with Gasteiger partial charge < -0.3 is 10.0 Å². The number of nitrogens with zero attached hydrogens (tertiary/aromatic N) is 1. The molecule has 0 fully saturated rings. The van der Waals surface area contributed by atoms with E-state index in [1.165, 1.54) is 6.07 Å². The van der Waals surface area contributed by atoms with Crippen molar-refractivity contribution in [3.63, 3.8) is 0 Å². The Hall–Kier alpha value is -2.95. The van der Waals surface area contributed by atoms with Gasteiger partial charge in [0.25, 0.3) is 0 Å². The average Bonchev–Trinajstić information content (AvgIpc) is 2.65. The Morgan fingerprint density at radius 3 is 2.23 bits per heavy atom. The number of hydrogen-bond donors (Lipinski definition) is 1. The maximum Gasteiger partial charge on any atom is 0.335 e. The zero-order valence-electron chi connectivity index (χ0n) is 14.9. The quantitative estimate of drug-likeness (QED) is 0.745. The first kappa shape index (κ1) is 19.4. The molecular formula is C21H23NO4. The Morgan fingerprint density at radius 2 is 1.58 bits per heavy atom. The van der Waals surface area contributed by atoms with Crippen LogP contribution in [0.5, 0.6) is 0 Å².